The van der Waals surface area contributed by atoms with Crippen LogP contribution in [0.15, 0.2) is 6.08 Å². The molecule has 0 saturated heterocycles. The summed E-state index contributed by atoms with van der Waals surface area (Å²) in [6, 6.07) is 0.571. The van der Waals surface area contributed by atoms with Gasteiger partial charge in [0.25, 0.3) is 0 Å². The SMILES string of the molecule is Cc1nn(C)c(N(C)C2CC2)c1/C=C/C(=O)O. The van der Waals surface area contributed by atoms with E-state index < -0.39 is 5.97 Å². The predicted molar refractivity (Wildman–Crippen MR) is 66.0 cm³/mol. The van der Waals surface area contributed by atoms with E-state index in [-0.39, 0.29) is 0 Å². The second-order valence-corrected chi connectivity index (χ2v) is 4.46. The molecule has 1 N–H and O–H groups in total. The molecule has 1 aromatic heterocycles. The van der Waals surface area contributed by atoms with E-state index in [1.807, 2.05) is 25.7 Å². The number of nitrogens with zero attached hydrogens (tertiary/aromatic N) is 3. The molecule has 0 aromatic carbocycles. The molecule has 1 saturated carbocycles. The van der Waals surface area contributed by atoms with Crippen molar-refractivity contribution in [3.05, 3.63) is 17.3 Å². The molecule has 17 heavy (non-hydrogen) atoms. The van der Waals surface area contributed by atoms with Crippen molar-refractivity contribution in [3.63, 3.8) is 0 Å². The predicted octanol–water partition coefficient (Wildman–Crippen LogP) is 1.42. The van der Waals surface area contributed by atoms with Crippen molar-refractivity contribution in [1.29, 1.82) is 0 Å². The zero-order chi connectivity index (χ0) is 12.6. The molecule has 0 radical (unpaired) electrons. The third kappa shape index (κ3) is 2.33. The van der Waals surface area contributed by atoms with Crippen LogP contribution in [-0.4, -0.2) is 33.9 Å². The maximum atomic E-state index is 10.6. The van der Waals surface area contributed by atoms with Gasteiger partial charge >= 0.3 is 5.97 Å². The molecular formula is C12H17N3O2. The molecule has 1 fully saturated rings. The van der Waals surface area contributed by atoms with Gasteiger partial charge in [-0.1, -0.05) is 0 Å². The highest BCUT2D eigenvalue weighted by Crippen LogP contribution is 2.33. The lowest BCUT2D eigenvalue weighted by atomic mass is 10.2. The van der Waals surface area contributed by atoms with E-state index in [1.54, 1.807) is 6.08 Å². The first-order valence-corrected chi connectivity index (χ1v) is 5.68. The Morgan fingerprint density at radius 3 is 2.76 bits per heavy atom. The van der Waals surface area contributed by atoms with Gasteiger partial charge in [-0.15, -0.1) is 0 Å². The molecule has 5 heteroatoms. The van der Waals surface area contributed by atoms with E-state index in [0.29, 0.717) is 6.04 Å². The minimum Gasteiger partial charge on any atom is -0.478 e. The van der Waals surface area contributed by atoms with E-state index >= 15 is 0 Å². The summed E-state index contributed by atoms with van der Waals surface area (Å²) in [5.41, 5.74) is 1.75. The van der Waals surface area contributed by atoms with Gasteiger partial charge in [0.1, 0.15) is 5.82 Å². The highest BCUT2D eigenvalue weighted by Gasteiger charge is 2.29. The molecule has 1 aromatic rings. The van der Waals surface area contributed by atoms with Crippen molar-refractivity contribution < 1.29 is 9.90 Å². The van der Waals surface area contributed by atoms with Crippen LogP contribution in [0, 0.1) is 6.92 Å². The van der Waals surface area contributed by atoms with Crippen molar-refractivity contribution in [1.82, 2.24) is 9.78 Å². The Balaban J connectivity index is 2.38. The van der Waals surface area contributed by atoms with Gasteiger partial charge in [0.2, 0.25) is 0 Å². The van der Waals surface area contributed by atoms with Crippen LogP contribution < -0.4 is 4.90 Å². The minimum atomic E-state index is -0.937. The van der Waals surface area contributed by atoms with Gasteiger partial charge in [0, 0.05) is 31.8 Å². The third-order valence-corrected chi connectivity index (χ3v) is 3.06. The molecule has 0 aliphatic heterocycles. The quantitative estimate of drug-likeness (QED) is 0.802. The fraction of sp³-hybridized carbons (Fsp3) is 0.500. The van der Waals surface area contributed by atoms with Crippen LogP contribution in [0.1, 0.15) is 24.1 Å². The number of aromatic nitrogens is 2. The van der Waals surface area contributed by atoms with Crippen molar-refractivity contribution in [2.45, 2.75) is 25.8 Å². The Kier molecular flexibility index (Phi) is 2.92. The van der Waals surface area contributed by atoms with Crippen LogP contribution in [0.2, 0.25) is 0 Å². The maximum absolute atomic E-state index is 10.6. The average Bonchev–Trinajstić information content (AvgIpc) is 3.02. The number of carboxylic acid groups (broad SMARTS) is 1. The zero-order valence-corrected chi connectivity index (χ0v) is 10.3. The third-order valence-electron chi connectivity index (χ3n) is 3.06. The lowest BCUT2D eigenvalue weighted by Crippen LogP contribution is -2.22. The lowest BCUT2D eigenvalue weighted by Gasteiger charge is -2.19. The molecule has 1 aliphatic rings. The first-order valence-electron chi connectivity index (χ1n) is 5.68. The maximum Gasteiger partial charge on any atom is 0.328 e. The normalized spacial score (nSPS) is 15.5. The molecule has 0 unspecified atom stereocenters. The number of aryl methyl sites for hydroxylation is 2. The molecule has 1 heterocycles. The summed E-state index contributed by atoms with van der Waals surface area (Å²) in [5, 5.41) is 13.0. The summed E-state index contributed by atoms with van der Waals surface area (Å²) in [6.45, 7) is 1.89. The monoisotopic (exact) mass is 235 g/mol. The Morgan fingerprint density at radius 2 is 2.24 bits per heavy atom. The number of rotatable bonds is 4. The number of carboxylic acids is 1. The van der Waals surface area contributed by atoms with Gasteiger partial charge in [-0.2, -0.15) is 5.10 Å². The average molecular weight is 235 g/mol. The summed E-state index contributed by atoms with van der Waals surface area (Å²) >= 11 is 0. The van der Waals surface area contributed by atoms with Crippen LogP contribution in [0.25, 0.3) is 6.08 Å². The number of carbonyl (C=O) groups is 1. The molecule has 92 valence electrons. The highest BCUT2D eigenvalue weighted by molar-refractivity contribution is 5.87. The second-order valence-electron chi connectivity index (χ2n) is 4.46. The first-order chi connectivity index (χ1) is 8.00. The van der Waals surface area contributed by atoms with Crippen LogP contribution in [-0.2, 0) is 11.8 Å². The largest absolute Gasteiger partial charge is 0.478 e. The van der Waals surface area contributed by atoms with E-state index in [9.17, 15) is 4.79 Å². The lowest BCUT2D eigenvalue weighted by molar-refractivity contribution is -0.131. The van der Waals surface area contributed by atoms with Crippen molar-refractivity contribution >= 4 is 17.9 Å². The van der Waals surface area contributed by atoms with Gasteiger partial charge in [-0.3, -0.25) is 4.68 Å². The zero-order valence-electron chi connectivity index (χ0n) is 10.3. The fourth-order valence-corrected chi connectivity index (χ4v) is 2.07. The standard InChI is InChI=1S/C12H17N3O2/c1-8-10(6-7-11(16)17)12(15(3)13-8)14(2)9-4-5-9/h6-7,9H,4-5H2,1-3H3,(H,16,17)/b7-6+. The molecule has 0 amide bonds. The molecule has 0 bridgehead atoms. The Morgan fingerprint density at radius 1 is 1.59 bits per heavy atom. The van der Waals surface area contributed by atoms with Gasteiger partial charge in [0.15, 0.2) is 0 Å². The summed E-state index contributed by atoms with van der Waals surface area (Å²) in [6.07, 6.45) is 5.18. The van der Waals surface area contributed by atoms with E-state index in [1.165, 1.54) is 12.8 Å². The van der Waals surface area contributed by atoms with Crippen LogP contribution in [0.3, 0.4) is 0 Å². The summed E-state index contributed by atoms with van der Waals surface area (Å²) in [4.78, 5) is 12.8. The second kappa shape index (κ2) is 4.24. The van der Waals surface area contributed by atoms with Gasteiger partial charge in [-0.25, -0.2) is 4.79 Å². The Labute approximate surface area is 100 Å². The number of hydrogen-bond acceptors (Lipinski definition) is 3. The van der Waals surface area contributed by atoms with E-state index in [2.05, 4.69) is 10.00 Å². The highest BCUT2D eigenvalue weighted by atomic mass is 16.4. The molecule has 5 nitrogen and oxygen atoms in total. The van der Waals surface area contributed by atoms with E-state index in [0.717, 1.165) is 23.2 Å². The fourth-order valence-electron chi connectivity index (χ4n) is 2.07. The first kappa shape index (κ1) is 11.7. The smallest absolute Gasteiger partial charge is 0.328 e. The summed E-state index contributed by atoms with van der Waals surface area (Å²) in [7, 11) is 3.92. The topological polar surface area (TPSA) is 58.4 Å². The minimum absolute atomic E-state index is 0.571. The van der Waals surface area contributed by atoms with Crippen molar-refractivity contribution in [2.75, 3.05) is 11.9 Å². The molecule has 0 spiro atoms. The molecule has 1 aliphatic carbocycles. The van der Waals surface area contributed by atoms with Crippen LogP contribution in [0.5, 0.6) is 0 Å². The summed E-state index contributed by atoms with van der Waals surface area (Å²) < 4.78 is 1.81. The molecule has 0 atom stereocenters. The van der Waals surface area contributed by atoms with Gasteiger partial charge < -0.3 is 10.0 Å². The van der Waals surface area contributed by atoms with Gasteiger partial charge in [-0.05, 0) is 25.8 Å². The number of aliphatic carboxylic acids is 1. The van der Waals surface area contributed by atoms with Crippen molar-refractivity contribution in [3.8, 4) is 0 Å². The van der Waals surface area contributed by atoms with Crippen LogP contribution >= 0.6 is 0 Å². The molecular weight excluding hydrogens is 218 g/mol. The summed E-state index contributed by atoms with van der Waals surface area (Å²) in [5.74, 6) is 0.0516. The Bertz CT molecular complexity index is 472. The Hall–Kier alpha value is -1.78. The number of anilines is 1. The van der Waals surface area contributed by atoms with Crippen LogP contribution in [0.4, 0.5) is 5.82 Å². The van der Waals surface area contributed by atoms with Crippen molar-refractivity contribution in [2.24, 2.45) is 7.05 Å². The molecule has 2 rings (SSSR count). The number of hydrogen-bond donors (Lipinski definition) is 1. The van der Waals surface area contributed by atoms with E-state index in [4.69, 9.17) is 5.11 Å². The van der Waals surface area contributed by atoms with Gasteiger partial charge in [0.05, 0.1) is 5.69 Å².